The quantitative estimate of drug-likeness (QED) is 0.183. The van der Waals surface area contributed by atoms with Crippen LogP contribution in [0.1, 0.15) is 27.6 Å². The van der Waals surface area contributed by atoms with Crippen LogP contribution in [0, 0.1) is 0 Å². The van der Waals surface area contributed by atoms with E-state index in [0.29, 0.717) is 16.5 Å². The molecule has 0 spiro atoms. The third-order valence-electron chi connectivity index (χ3n) is 7.38. The maximum absolute atomic E-state index is 14.1. The molecule has 2 aromatic heterocycles. The number of furan rings is 1. The first kappa shape index (κ1) is 27.3. The minimum absolute atomic E-state index is 0.0775. The fourth-order valence-electron chi connectivity index (χ4n) is 5.16. The van der Waals surface area contributed by atoms with Crippen molar-refractivity contribution in [2.45, 2.75) is 23.3 Å². The van der Waals surface area contributed by atoms with E-state index in [1.807, 2.05) is 54.6 Å². The highest BCUT2D eigenvalue weighted by Crippen LogP contribution is 2.31. The van der Waals surface area contributed by atoms with Gasteiger partial charge in [-0.2, -0.15) is 4.72 Å². The van der Waals surface area contributed by atoms with Gasteiger partial charge in [-0.1, -0.05) is 78.9 Å². The van der Waals surface area contributed by atoms with Crippen LogP contribution < -0.4 is 10.0 Å². The van der Waals surface area contributed by atoms with Crippen LogP contribution in [0.2, 0.25) is 0 Å². The summed E-state index contributed by atoms with van der Waals surface area (Å²) < 4.78 is 36.2. The van der Waals surface area contributed by atoms with Gasteiger partial charge in [0.2, 0.25) is 10.0 Å². The van der Waals surface area contributed by atoms with Crippen LogP contribution in [-0.4, -0.2) is 41.3 Å². The fourth-order valence-corrected chi connectivity index (χ4v) is 6.65. The van der Waals surface area contributed by atoms with Crippen LogP contribution in [0.15, 0.2) is 120 Å². The van der Waals surface area contributed by atoms with E-state index in [4.69, 9.17) is 4.42 Å². The monoisotopic (exact) mass is 581 g/mol. The number of rotatable bonds is 9. The number of H-pyrrole nitrogens is 1. The van der Waals surface area contributed by atoms with E-state index in [1.165, 1.54) is 18.2 Å². The molecule has 0 bridgehead atoms. The number of benzene rings is 3. The van der Waals surface area contributed by atoms with Crippen LogP contribution in [0.5, 0.6) is 0 Å². The van der Waals surface area contributed by atoms with E-state index < -0.39 is 32.8 Å². The van der Waals surface area contributed by atoms with Crippen molar-refractivity contribution in [3.63, 3.8) is 0 Å². The molecule has 6 rings (SSSR count). The number of allylic oxidation sites excluding steroid dienone is 2. The molecule has 212 valence electrons. The Morgan fingerprint density at radius 2 is 1.64 bits per heavy atom. The molecule has 0 unspecified atom stereocenters. The summed E-state index contributed by atoms with van der Waals surface area (Å²) in [5.41, 5.74) is 2.84. The number of aromatic amines is 1. The molecule has 0 saturated carbocycles. The molecule has 0 saturated heterocycles. The minimum Gasteiger partial charge on any atom is -0.480 e. The molecule has 2 heterocycles. The van der Waals surface area contributed by atoms with Crippen molar-refractivity contribution in [3.8, 4) is 0 Å². The number of aromatic nitrogens is 1. The average molecular weight is 582 g/mol. The fraction of sp³-hybridized carbons (Fsp3) is 0.125. The Labute approximate surface area is 241 Å². The molecule has 1 aliphatic rings. The highest BCUT2D eigenvalue weighted by atomic mass is 32.2. The number of para-hydroxylation sites is 2. The van der Waals surface area contributed by atoms with Crippen molar-refractivity contribution in [2.75, 3.05) is 0 Å². The number of hydrogen-bond acceptors (Lipinski definition) is 5. The number of carbonyl (C=O) groups is 2. The lowest BCUT2D eigenvalue weighted by atomic mass is 9.93. The molecule has 4 N–H and O–H groups in total. The zero-order valence-corrected chi connectivity index (χ0v) is 23.0. The van der Waals surface area contributed by atoms with Crippen molar-refractivity contribution in [1.29, 1.82) is 0 Å². The SMILES string of the molecule is O=C(NC1(S(=O)(=O)N[C@@H](Cc2c[nH]c3ccccc23)C(=O)O)C=CC(c2ccccc2)C=C1)c1cc2ccccc2o1. The lowest BCUT2D eigenvalue weighted by Crippen LogP contribution is -2.59. The molecule has 1 amide bonds. The Bertz CT molecular complexity index is 1910. The zero-order chi connectivity index (χ0) is 29.3. The average Bonchev–Trinajstić information content (AvgIpc) is 3.62. The highest BCUT2D eigenvalue weighted by Gasteiger charge is 2.45. The van der Waals surface area contributed by atoms with Gasteiger partial charge in [0.05, 0.1) is 0 Å². The summed E-state index contributed by atoms with van der Waals surface area (Å²) in [5, 5.41) is 14.1. The number of carboxylic acids is 1. The highest BCUT2D eigenvalue weighted by molar-refractivity contribution is 7.91. The molecule has 0 radical (unpaired) electrons. The number of fused-ring (bicyclic) bond motifs is 2. The van der Waals surface area contributed by atoms with Gasteiger partial charge in [-0.3, -0.25) is 9.59 Å². The van der Waals surface area contributed by atoms with Gasteiger partial charge < -0.3 is 19.8 Å². The van der Waals surface area contributed by atoms with Crippen molar-refractivity contribution in [3.05, 3.63) is 132 Å². The van der Waals surface area contributed by atoms with Crippen molar-refractivity contribution in [1.82, 2.24) is 15.0 Å². The molecular formula is C32H27N3O6S. The Morgan fingerprint density at radius 1 is 0.952 bits per heavy atom. The van der Waals surface area contributed by atoms with Gasteiger partial charge in [-0.25, -0.2) is 8.42 Å². The number of carboxylic acid groups (broad SMARTS) is 1. The predicted octanol–water partition coefficient (Wildman–Crippen LogP) is 4.87. The van der Waals surface area contributed by atoms with Gasteiger partial charge in [-0.05, 0) is 41.5 Å². The van der Waals surface area contributed by atoms with Crippen LogP contribution in [0.3, 0.4) is 0 Å². The largest absolute Gasteiger partial charge is 0.480 e. The first-order valence-corrected chi connectivity index (χ1v) is 14.8. The number of carbonyl (C=O) groups excluding carboxylic acids is 1. The second kappa shape index (κ2) is 10.8. The molecule has 0 fully saturated rings. The molecule has 1 aliphatic carbocycles. The van der Waals surface area contributed by atoms with Gasteiger partial charge in [0.15, 0.2) is 10.6 Å². The third kappa shape index (κ3) is 5.13. The molecule has 9 nitrogen and oxygen atoms in total. The van der Waals surface area contributed by atoms with Crippen molar-refractivity contribution >= 4 is 43.8 Å². The summed E-state index contributed by atoms with van der Waals surface area (Å²) in [4.78, 5) is 26.7. The van der Waals surface area contributed by atoms with Crippen LogP contribution in [0.4, 0.5) is 0 Å². The Hall–Kier alpha value is -4.93. The number of aliphatic carboxylic acids is 1. The molecule has 0 aliphatic heterocycles. The Morgan fingerprint density at radius 3 is 2.38 bits per heavy atom. The van der Waals surface area contributed by atoms with Crippen LogP contribution in [0.25, 0.3) is 21.9 Å². The lowest BCUT2D eigenvalue weighted by Gasteiger charge is -2.32. The standard InChI is InChI=1S/C32H27N3O6S/c36-30(29-19-23-10-4-7-13-28(23)41-29)34-32(16-14-22(15-17-32)21-8-2-1-3-9-21)42(39,40)35-27(31(37)38)18-24-20-33-26-12-6-5-11-25(24)26/h1-17,19-20,22,27,33,35H,18H2,(H,34,36)(H,37,38)/t22?,27-,32?/m0/s1. The van der Waals surface area contributed by atoms with Crippen LogP contribution >= 0.6 is 0 Å². The van der Waals surface area contributed by atoms with E-state index >= 15 is 0 Å². The second-order valence-corrected chi connectivity index (χ2v) is 12.0. The van der Waals surface area contributed by atoms with E-state index in [0.717, 1.165) is 16.5 Å². The maximum atomic E-state index is 14.1. The topological polar surface area (TPSA) is 142 Å². The molecule has 42 heavy (non-hydrogen) atoms. The van der Waals surface area contributed by atoms with Crippen LogP contribution in [-0.2, 0) is 21.2 Å². The summed E-state index contributed by atoms with van der Waals surface area (Å²) in [6.07, 6.45) is 7.63. The molecular weight excluding hydrogens is 554 g/mol. The Kier molecular flexibility index (Phi) is 7.01. The molecule has 3 aromatic carbocycles. The van der Waals surface area contributed by atoms with E-state index in [-0.39, 0.29) is 18.1 Å². The molecule has 10 heteroatoms. The van der Waals surface area contributed by atoms with Gasteiger partial charge in [0.1, 0.15) is 11.6 Å². The summed E-state index contributed by atoms with van der Waals surface area (Å²) in [5.74, 6) is -2.45. The number of nitrogens with one attached hydrogen (secondary N) is 3. The van der Waals surface area contributed by atoms with E-state index in [2.05, 4.69) is 15.0 Å². The smallest absolute Gasteiger partial charge is 0.322 e. The van der Waals surface area contributed by atoms with Gasteiger partial charge in [-0.15, -0.1) is 0 Å². The maximum Gasteiger partial charge on any atom is 0.322 e. The minimum atomic E-state index is -4.57. The summed E-state index contributed by atoms with van der Waals surface area (Å²) in [7, 11) is -4.57. The van der Waals surface area contributed by atoms with Crippen molar-refractivity contribution < 1.29 is 27.5 Å². The van der Waals surface area contributed by atoms with Gasteiger partial charge in [0, 0.05) is 34.8 Å². The summed E-state index contributed by atoms with van der Waals surface area (Å²) >= 11 is 0. The predicted molar refractivity (Wildman–Crippen MR) is 159 cm³/mol. The zero-order valence-electron chi connectivity index (χ0n) is 22.2. The summed E-state index contributed by atoms with van der Waals surface area (Å²) in [6.45, 7) is 0. The first-order chi connectivity index (χ1) is 20.2. The van der Waals surface area contributed by atoms with E-state index in [9.17, 15) is 23.1 Å². The first-order valence-electron chi connectivity index (χ1n) is 13.3. The normalized spacial score (nSPS) is 19.2. The Balaban J connectivity index is 1.34. The number of amides is 1. The lowest BCUT2D eigenvalue weighted by molar-refractivity contribution is -0.138. The van der Waals surface area contributed by atoms with Crippen molar-refractivity contribution in [2.24, 2.45) is 0 Å². The number of sulfonamides is 1. The van der Waals surface area contributed by atoms with E-state index in [1.54, 1.807) is 42.6 Å². The molecule has 5 aromatic rings. The summed E-state index contributed by atoms with van der Waals surface area (Å²) in [6, 6.07) is 23.9. The number of hydrogen-bond donors (Lipinski definition) is 4. The van der Waals surface area contributed by atoms with Gasteiger partial charge >= 0.3 is 5.97 Å². The third-order valence-corrected chi connectivity index (χ3v) is 9.24. The second-order valence-electron chi connectivity index (χ2n) is 10.1. The van der Waals surface area contributed by atoms with Gasteiger partial charge in [0.25, 0.3) is 5.91 Å². The molecule has 1 atom stereocenters.